The molecule has 1 fully saturated rings. The molecule has 0 aliphatic heterocycles. The number of amides is 1. The molecule has 1 saturated carbocycles. The van der Waals surface area contributed by atoms with Gasteiger partial charge in [0, 0.05) is 17.0 Å². The minimum atomic E-state index is 0.00110. The highest BCUT2D eigenvalue weighted by molar-refractivity contribution is 6.07. The second-order valence-corrected chi connectivity index (χ2v) is 6.62. The number of hydrogen-bond acceptors (Lipinski definition) is 2. The summed E-state index contributed by atoms with van der Waals surface area (Å²) in [5, 5.41) is 4.00. The number of fused-ring (bicyclic) bond motifs is 1. The lowest BCUT2D eigenvalue weighted by Gasteiger charge is -2.11. The summed E-state index contributed by atoms with van der Waals surface area (Å²) in [6.07, 6.45) is 2.16. The maximum Gasteiger partial charge on any atom is 0.252 e. The lowest BCUT2D eigenvalue weighted by molar-refractivity contribution is 0.0952. The first-order chi connectivity index (χ1) is 11.6. The highest BCUT2D eigenvalue weighted by Crippen LogP contribution is 2.27. The van der Waals surface area contributed by atoms with E-state index in [2.05, 4.69) is 37.4 Å². The van der Waals surface area contributed by atoms with Gasteiger partial charge in [0.25, 0.3) is 5.91 Å². The van der Waals surface area contributed by atoms with Gasteiger partial charge in [-0.15, -0.1) is 0 Å². The van der Waals surface area contributed by atoms with Crippen molar-refractivity contribution in [3.05, 3.63) is 65.2 Å². The van der Waals surface area contributed by atoms with Gasteiger partial charge in [-0.25, -0.2) is 4.98 Å². The van der Waals surface area contributed by atoms with Crippen LogP contribution in [0, 0.1) is 13.8 Å². The van der Waals surface area contributed by atoms with Gasteiger partial charge in [-0.1, -0.05) is 30.3 Å². The first kappa shape index (κ1) is 14.9. The van der Waals surface area contributed by atoms with E-state index in [4.69, 9.17) is 4.98 Å². The molecular weight excluding hydrogens is 296 g/mol. The van der Waals surface area contributed by atoms with Gasteiger partial charge >= 0.3 is 0 Å². The highest BCUT2D eigenvalue weighted by atomic mass is 16.1. The van der Waals surface area contributed by atoms with Crippen LogP contribution in [0.15, 0.2) is 48.5 Å². The van der Waals surface area contributed by atoms with Crippen LogP contribution < -0.4 is 5.32 Å². The average molecular weight is 316 g/mol. The van der Waals surface area contributed by atoms with Crippen LogP contribution in [0.25, 0.3) is 22.2 Å². The Morgan fingerprint density at radius 2 is 1.83 bits per heavy atom. The molecule has 1 aliphatic rings. The SMILES string of the molecule is Cc1ccc(-c2cc(C(=O)NC3CC3)c3ccccc3n2)cc1C. The van der Waals surface area contributed by atoms with Crippen molar-refractivity contribution in [3.63, 3.8) is 0 Å². The summed E-state index contributed by atoms with van der Waals surface area (Å²) in [7, 11) is 0. The molecule has 1 aliphatic carbocycles. The second-order valence-electron chi connectivity index (χ2n) is 6.62. The number of carbonyl (C=O) groups is 1. The van der Waals surface area contributed by atoms with Gasteiger partial charge in [-0.3, -0.25) is 4.79 Å². The zero-order chi connectivity index (χ0) is 16.7. The molecule has 1 heterocycles. The molecule has 0 radical (unpaired) electrons. The Morgan fingerprint density at radius 3 is 2.58 bits per heavy atom. The zero-order valence-corrected chi connectivity index (χ0v) is 14.0. The number of aromatic nitrogens is 1. The predicted molar refractivity (Wildman–Crippen MR) is 97.1 cm³/mol. The van der Waals surface area contributed by atoms with Crippen molar-refractivity contribution < 1.29 is 4.79 Å². The van der Waals surface area contributed by atoms with Crippen LogP contribution in [0.1, 0.15) is 34.3 Å². The largest absolute Gasteiger partial charge is 0.349 e. The fourth-order valence-electron chi connectivity index (χ4n) is 2.90. The van der Waals surface area contributed by atoms with Crippen molar-refractivity contribution >= 4 is 16.8 Å². The van der Waals surface area contributed by atoms with Crippen molar-refractivity contribution in [1.29, 1.82) is 0 Å². The predicted octanol–water partition coefficient (Wildman–Crippen LogP) is 4.41. The minimum Gasteiger partial charge on any atom is -0.349 e. The molecule has 0 atom stereocenters. The lowest BCUT2D eigenvalue weighted by Crippen LogP contribution is -2.25. The normalized spacial score (nSPS) is 13.9. The molecule has 0 spiro atoms. The molecule has 1 amide bonds. The number of carbonyl (C=O) groups excluding carboxylic acids is 1. The van der Waals surface area contributed by atoms with Crippen molar-refractivity contribution in [2.24, 2.45) is 0 Å². The van der Waals surface area contributed by atoms with Crippen molar-refractivity contribution in [3.8, 4) is 11.3 Å². The fourth-order valence-corrected chi connectivity index (χ4v) is 2.90. The molecule has 2 aromatic carbocycles. The van der Waals surface area contributed by atoms with Crippen LogP contribution in [-0.2, 0) is 0 Å². The molecule has 1 N–H and O–H groups in total. The number of rotatable bonds is 3. The third kappa shape index (κ3) is 2.78. The summed E-state index contributed by atoms with van der Waals surface area (Å²) in [6, 6.07) is 16.4. The molecule has 0 saturated heterocycles. The van der Waals surface area contributed by atoms with E-state index in [1.807, 2.05) is 30.3 Å². The Kier molecular flexibility index (Phi) is 3.57. The van der Waals surface area contributed by atoms with Crippen LogP contribution in [0.2, 0.25) is 0 Å². The van der Waals surface area contributed by atoms with E-state index in [0.717, 1.165) is 35.0 Å². The monoisotopic (exact) mass is 316 g/mol. The molecule has 24 heavy (non-hydrogen) atoms. The van der Waals surface area contributed by atoms with Crippen LogP contribution in [0.3, 0.4) is 0 Å². The van der Waals surface area contributed by atoms with E-state index in [1.165, 1.54) is 11.1 Å². The Morgan fingerprint density at radius 1 is 1.04 bits per heavy atom. The molecular formula is C21H20N2O. The maximum atomic E-state index is 12.7. The standard InChI is InChI=1S/C21H20N2O/c1-13-7-8-15(11-14(13)2)20-12-18(21(24)22-16-9-10-16)17-5-3-4-6-19(17)23-20/h3-8,11-12,16H,9-10H2,1-2H3,(H,22,24). The number of para-hydroxylation sites is 1. The van der Waals surface area contributed by atoms with Crippen LogP contribution in [-0.4, -0.2) is 16.9 Å². The van der Waals surface area contributed by atoms with Gasteiger partial charge in [0.15, 0.2) is 0 Å². The van der Waals surface area contributed by atoms with Gasteiger partial charge in [-0.2, -0.15) is 0 Å². The average Bonchev–Trinajstić information content (AvgIpc) is 3.40. The van der Waals surface area contributed by atoms with Crippen molar-refractivity contribution in [1.82, 2.24) is 10.3 Å². The Hall–Kier alpha value is -2.68. The van der Waals surface area contributed by atoms with Gasteiger partial charge in [0.05, 0.1) is 16.8 Å². The first-order valence-corrected chi connectivity index (χ1v) is 8.40. The Balaban J connectivity index is 1.86. The maximum absolute atomic E-state index is 12.7. The van der Waals surface area contributed by atoms with E-state index in [-0.39, 0.29) is 5.91 Å². The highest BCUT2D eigenvalue weighted by Gasteiger charge is 2.25. The summed E-state index contributed by atoms with van der Waals surface area (Å²) in [4.78, 5) is 17.4. The number of aryl methyl sites for hydroxylation is 2. The van der Waals surface area contributed by atoms with Gasteiger partial charge in [0.1, 0.15) is 0 Å². The Labute approximate surface area is 141 Å². The second kappa shape index (κ2) is 5.75. The molecule has 3 nitrogen and oxygen atoms in total. The molecule has 0 unspecified atom stereocenters. The summed E-state index contributed by atoms with van der Waals surface area (Å²) in [5.74, 6) is 0.00110. The zero-order valence-electron chi connectivity index (χ0n) is 14.0. The van der Waals surface area contributed by atoms with Gasteiger partial charge in [-0.05, 0) is 56.0 Å². The summed E-state index contributed by atoms with van der Waals surface area (Å²) in [6.45, 7) is 4.20. The number of nitrogens with zero attached hydrogens (tertiary/aromatic N) is 1. The van der Waals surface area contributed by atoms with E-state index in [9.17, 15) is 4.79 Å². The molecule has 1 aromatic heterocycles. The summed E-state index contributed by atoms with van der Waals surface area (Å²) >= 11 is 0. The number of pyridine rings is 1. The van der Waals surface area contributed by atoms with E-state index >= 15 is 0 Å². The van der Waals surface area contributed by atoms with E-state index < -0.39 is 0 Å². The first-order valence-electron chi connectivity index (χ1n) is 8.40. The quantitative estimate of drug-likeness (QED) is 0.777. The third-order valence-corrected chi connectivity index (χ3v) is 4.68. The van der Waals surface area contributed by atoms with Crippen molar-refractivity contribution in [2.75, 3.05) is 0 Å². The molecule has 4 rings (SSSR count). The summed E-state index contributed by atoms with van der Waals surface area (Å²) in [5.41, 5.74) is 5.94. The van der Waals surface area contributed by atoms with E-state index in [0.29, 0.717) is 11.6 Å². The molecule has 120 valence electrons. The minimum absolute atomic E-state index is 0.00110. The topological polar surface area (TPSA) is 42.0 Å². The van der Waals surface area contributed by atoms with Crippen LogP contribution in [0.4, 0.5) is 0 Å². The number of nitrogens with one attached hydrogen (secondary N) is 1. The fraction of sp³-hybridized carbons (Fsp3) is 0.238. The molecule has 3 heteroatoms. The van der Waals surface area contributed by atoms with Crippen molar-refractivity contribution in [2.45, 2.75) is 32.7 Å². The van der Waals surface area contributed by atoms with E-state index in [1.54, 1.807) is 0 Å². The third-order valence-electron chi connectivity index (χ3n) is 4.68. The smallest absolute Gasteiger partial charge is 0.252 e. The van der Waals surface area contributed by atoms with Gasteiger partial charge in [0.2, 0.25) is 0 Å². The molecule has 0 bridgehead atoms. The number of hydrogen-bond donors (Lipinski definition) is 1. The lowest BCUT2D eigenvalue weighted by atomic mass is 10.0. The number of benzene rings is 2. The van der Waals surface area contributed by atoms with Crippen LogP contribution in [0.5, 0.6) is 0 Å². The summed E-state index contributed by atoms with van der Waals surface area (Å²) < 4.78 is 0. The molecule has 3 aromatic rings. The van der Waals surface area contributed by atoms with Crippen LogP contribution >= 0.6 is 0 Å². The Bertz CT molecular complexity index is 942. The van der Waals surface area contributed by atoms with Gasteiger partial charge < -0.3 is 5.32 Å².